The zero-order valence-corrected chi connectivity index (χ0v) is 11.4. The molecule has 1 rings (SSSR count). The molecule has 0 spiro atoms. The molecule has 0 aliphatic carbocycles. The SMILES string of the molecule is CC.CC.CCOC(=O)c1nc(C)c(C)o1. The van der Waals surface area contributed by atoms with Crippen molar-refractivity contribution in [2.24, 2.45) is 0 Å². The normalized spacial score (nSPS) is 8.19. The van der Waals surface area contributed by atoms with E-state index < -0.39 is 5.97 Å². The molecule has 4 heteroatoms. The molecule has 4 nitrogen and oxygen atoms in total. The Morgan fingerprint density at radius 2 is 1.75 bits per heavy atom. The van der Waals surface area contributed by atoms with Crippen LogP contribution in [0.5, 0.6) is 0 Å². The molecular formula is C12H23NO3. The summed E-state index contributed by atoms with van der Waals surface area (Å²) in [5, 5.41) is 0. The van der Waals surface area contributed by atoms with Gasteiger partial charge in [-0.1, -0.05) is 27.7 Å². The molecule has 0 aromatic carbocycles. The number of ether oxygens (including phenoxy) is 1. The minimum absolute atomic E-state index is 0.0341. The second-order valence-electron chi connectivity index (χ2n) is 2.38. The highest BCUT2D eigenvalue weighted by atomic mass is 16.5. The molecule has 16 heavy (non-hydrogen) atoms. The first-order valence-corrected chi connectivity index (χ1v) is 5.76. The van der Waals surface area contributed by atoms with E-state index in [9.17, 15) is 4.79 Å². The van der Waals surface area contributed by atoms with Gasteiger partial charge >= 0.3 is 11.9 Å². The van der Waals surface area contributed by atoms with Gasteiger partial charge in [0.2, 0.25) is 0 Å². The smallest absolute Gasteiger partial charge is 0.394 e. The van der Waals surface area contributed by atoms with Crippen molar-refractivity contribution in [3.8, 4) is 0 Å². The highest BCUT2D eigenvalue weighted by Crippen LogP contribution is 2.08. The minimum Gasteiger partial charge on any atom is -0.459 e. The highest BCUT2D eigenvalue weighted by Gasteiger charge is 2.14. The average molecular weight is 229 g/mol. The summed E-state index contributed by atoms with van der Waals surface area (Å²) >= 11 is 0. The topological polar surface area (TPSA) is 52.3 Å². The van der Waals surface area contributed by atoms with Crippen molar-refractivity contribution in [3.05, 3.63) is 17.3 Å². The van der Waals surface area contributed by atoms with Crippen LogP contribution in [0.2, 0.25) is 0 Å². The van der Waals surface area contributed by atoms with Crippen molar-refractivity contribution in [2.75, 3.05) is 6.61 Å². The number of rotatable bonds is 2. The number of nitrogens with zero attached hydrogens (tertiary/aromatic N) is 1. The van der Waals surface area contributed by atoms with Crippen LogP contribution in [0.3, 0.4) is 0 Å². The molecule has 0 unspecified atom stereocenters. The second-order valence-corrected chi connectivity index (χ2v) is 2.38. The third-order valence-electron chi connectivity index (χ3n) is 1.48. The number of aryl methyl sites for hydroxylation is 2. The maximum atomic E-state index is 11.0. The van der Waals surface area contributed by atoms with Crippen molar-refractivity contribution in [1.82, 2.24) is 4.98 Å². The number of carbonyl (C=O) groups excluding carboxylic acids is 1. The number of hydrogen-bond donors (Lipinski definition) is 0. The molecule has 0 aliphatic rings. The summed E-state index contributed by atoms with van der Waals surface area (Å²) in [6.45, 7) is 13.6. The summed E-state index contributed by atoms with van der Waals surface area (Å²) < 4.78 is 9.74. The third-order valence-corrected chi connectivity index (χ3v) is 1.48. The summed E-state index contributed by atoms with van der Waals surface area (Å²) in [4.78, 5) is 14.9. The Labute approximate surface area is 98.0 Å². The first kappa shape index (κ1) is 17.1. The quantitative estimate of drug-likeness (QED) is 0.728. The molecule has 94 valence electrons. The number of aromatic nitrogens is 1. The average Bonchev–Trinajstić information content (AvgIpc) is 2.65. The molecule has 0 radical (unpaired) electrons. The van der Waals surface area contributed by atoms with Gasteiger partial charge in [-0.25, -0.2) is 9.78 Å². The number of esters is 1. The molecule has 0 atom stereocenters. The molecule has 0 amide bonds. The van der Waals surface area contributed by atoms with Crippen LogP contribution in [-0.2, 0) is 4.74 Å². The van der Waals surface area contributed by atoms with E-state index in [0.29, 0.717) is 12.4 Å². The van der Waals surface area contributed by atoms with E-state index in [1.807, 2.05) is 27.7 Å². The van der Waals surface area contributed by atoms with Crippen molar-refractivity contribution in [3.63, 3.8) is 0 Å². The van der Waals surface area contributed by atoms with Crippen LogP contribution in [0.25, 0.3) is 0 Å². The minimum atomic E-state index is -0.506. The summed E-state index contributed by atoms with van der Waals surface area (Å²) in [7, 11) is 0. The molecule has 0 fully saturated rings. The molecule has 0 aliphatic heterocycles. The van der Waals surface area contributed by atoms with Gasteiger partial charge in [-0.2, -0.15) is 0 Å². The summed E-state index contributed by atoms with van der Waals surface area (Å²) in [5.74, 6) is 0.179. The van der Waals surface area contributed by atoms with Crippen molar-refractivity contribution in [2.45, 2.75) is 48.5 Å². The molecule has 1 aromatic rings. The van der Waals surface area contributed by atoms with Crippen LogP contribution in [0, 0.1) is 13.8 Å². The zero-order valence-electron chi connectivity index (χ0n) is 11.4. The Morgan fingerprint density at radius 3 is 2.06 bits per heavy atom. The van der Waals surface area contributed by atoms with E-state index >= 15 is 0 Å². The Morgan fingerprint density at radius 1 is 1.25 bits per heavy atom. The maximum Gasteiger partial charge on any atom is 0.394 e. The lowest BCUT2D eigenvalue weighted by molar-refractivity contribution is 0.0479. The fraction of sp³-hybridized carbons (Fsp3) is 0.667. The predicted molar refractivity (Wildman–Crippen MR) is 64.6 cm³/mol. The fourth-order valence-corrected chi connectivity index (χ4v) is 0.753. The third kappa shape index (κ3) is 5.53. The summed E-state index contributed by atoms with van der Waals surface area (Å²) in [5.41, 5.74) is 0.720. The lowest BCUT2D eigenvalue weighted by Gasteiger charge is -1.94. The molecule has 1 heterocycles. The first-order chi connectivity index (χ1) is 7.65. The lowest BCUT2D eigenvalue weighted by atomic mass is 10.4. The monoisotopic (exact) mass is 229 g/mol. The van der Waals surface area contributed by atoms with E-state index in [1.54, 1.807) is 20.8 Å². The van der Waals surface area contributed by atoms with Gasteiger partial charge in [-0.3, -0.25) is 0 Å². The largest absolute Gasteiger partial charge is 0.459 e. The highest BCUT2D eigenvalue weighted by molar-refractivity contribution is 5.84. The Hall–Kier alpha value is -1.32. The predicted octanol–water partition coefficient (Wildman–Crippen LogP) is 3.52. The zero-order chi connectivity index (χ0) is 13.1. The standard InChI is InChI=1S/C8H11NO3.2C2H6/c1-4-11-8(10)7-9-5(2)6(3)12-7;2*1-2/h4H2,1-3H3;2*1-2H3. The molecule has 0 saturated heterocycles. The van der Waals surface area contributed by atoms with Gasteiger partial charge in [0.1, 0.15) is 5.76 Å². The van der Waals surface area contributed by atoms with E-state index in [4.69, 9.17) is 9.15 Å². The van der Waals surface area contributed by atoms with Gasteiger partial charge in [-0.05, 0) is 20.8 Å². The molecule has 0 saturated carbocycles. The van der Waals surface area contributed by atoms with Crippen LogP contribution < -0.4 is 0 Å². The van der Waals surface area contributed by atoms with E-state index in [1.165, 1.54) is 0 Å². The maximum absolute atomic E-state index is 11.0. The van der Waals surface area contributed by atoms with Crippen molar-refractivity contribution >= 4 is 5.97 Å². The number of oxazole rings is 1. The first-order valence-electron chi connectivity index (χ1n) is 5.76. The van der Waals surface area contributed by atoms with Gasteiger partial charge in [0.05, 0.1) is 12.3 Å². The van der Waals surface area contributed by atoms with Gasteiger partial charge in [0.15, 0.2) is 0 Å². The van der Waals surface area contributed by atoms with Crippen LogP contribution in [0.1, 0.15) is 56.8 Å². The molecule has 0 N–H and O–H groups in total. The van der Waals surface area contributed by atoms with Gasteiger partial charge < -0.3 is 9.15 Å². The van der Waals surface area contributed by atoms with Crippen LogP contribution in [-0.4, -0.2) is 17.6 Å². The van der Waals surface area contributed by atoms with Crippen molar-refractivity contribution in [1.29, 1.82) is 0 Å². The van der Waals surface area contributed by atoms with Crippen molar-refractivity contribution < 1.29 is 13.9 Å². The fourth-order valence-electron chi connectivity index (χ4n) is 0.753. The van der Waals surface area contributed by atoms with E-state index in [-0.39, 0.29) is 5.89 Å². The van der Waals surface area contributed by atoms with Crippen LogP contribution in [0.4, 0.5) is 0 Å². The number of hydrogen-bond acceptors (Lipinski definition) is 4. The Kier molecular flexibility index (Phi) is 10.9. The van der Waals surface area contributed by atoms with Gasteiger partial charge in [-0.15, -0.1) is 0 Å². The lowest BCUT2D eigenvalue weighted by Crippen LogP contribution is -2.04. The number of carbonyl (C=O) groups is 1. The van der Waals surface area contributed by atoms with E-state index in [2.05, 4.69) is 4.98 Å². The summed E-state index contributed by atoms with van der Waals surface area (Å²) in [6.07, 6.45) is 0. The van der Waals surface area contributed by atoms with Gasteiger partial charge in [0, 0.05) is 0 Å². The summed E-state index contributed by atoms with van der Waals surface area (Å²) in [6, 6.07) is 0. The van der Waals surface area contributed by atoms with Gasteiger partial charge in [0.25, 0.3) is 0 Å². The molecule has 1 aromatic heterocycles. The molecular weight excluding hydrogens is 206 g/mol. The Balaban J connectivity index is 0. The molecule has 0 bridgehead atoms. The van der Waals surface area contributed by atoms with Crippen LogP contribution >= 0.6 is 0 Å². The van der Waals surface area contributed by atoms with Crippen LogP contribution in [0.15, 0.2) is 4.42 Å². The van der Waals surface area contributed by atoms with E-state index in [0.717, 1.165) is 5.69 Å². The second kappa shape index (κ2) is 10.2. The Bertz CT molecular complexity index is 273.